The van der Waals surface area contributed by atoms with Gasteiger partial charge in [0.25, 0.3) is 11.8 Å². The molecule has 1 heterocycles. The van der Waals surface area contributed by atoms with Crippen LogP contribution in [0.4, 0.5) is 11.4 Å². The number of hydrogen-bond acceptors (Lipinski definition) is 5. The number of rotatable bonds is 12. The summed E-state index contributed by atoms with van der Waals surface area (Å²) in [5.74, 6) is -1.44. The number of para-hydroxylation sites is 1. The lowest BCUT2D eigenvalue weighted by Crippen LogP contribution is -2.44. The molecule has 4 aromatic carbocycles. The molecule has 2 atom stereocenters. The first-order chi connectivity index (χ1) is 21.8. The first-order valence-electron chi connectivity index (χ1n) is 15.0. The van der Waals surface area contributed by atoms with E-state index >= 15 is 0 Å². The zero-order valence-electron chi connectivity index (χ0n) is 25.2. The molecule has 45 heavy (non-hydrogen) atoms. The molecule has 0 saturated heterocycles. The fourth-order valence-electron chi connectivity index (χ4n) is 5.59. The standard InChI is InChI=1S/C37H37N3O5/c1-27(11-10-18-34(42)39(23-24-41)25-28-12-4-2-5-13-28)37(45)32-16-8-9-17-33(32)40(36(37)44)26-29-19-21-31(22-20-29)38-35(43)30-14-6-3-7-15-30/h2-17,19-22,27,41,45H,18,23-26H2,1H3,(H,38,43)/b11-10+/t27-,37+/m1/s1. The topological polar surface area (TPSA) is 110 Å². The lowest BCUT2D eigenvalue weighted by Gasteiger charge is -2.28. The average molecular weight is 604 g/mol. The smallest absolute Gasteiger partial charge is 0.264 e. The van der Waals surface area contributed by atoms with Crippen molar-refractivity contribution in [3.63, 3.8) is 0 Å². The van der Waals surface area contributed by atoms with Gasteiger partial charge in [-0.3, -0.25) is 14.4 Å². The molecule has 230 valence electrons. The number of carbonyl (C=O) groups excluding carboxylic acids is 3. The fraction of sp³-hybridized carbons (Fsp3) is 0.216. The van der Waals surface area contributed by atoms with Crippen LogP contribution < -0.4 is 10.2 Å². The molecule has 0 fully saturated rings. The molecule has 0 aromatic heterocycles. The van der Waals surface area contributed by atoms with Gasteiger partial charge in [-0.15, -0.1) is 0 Å². The van der Waals surface area contributed by atoms with Crippen LogP contribution in [0.25, 0.3) is 0 Å². The molecule has 0 saturated carbocycles. The first kappa shape index (κ1) is 31.4. The van der Waals surface area contributed by atoms with Crippen LogP contribution in [-0.2, 0) is 28.3 Å². The Morgan fingerprint density at radius 2 is 1.53 bits per heavy atom. The van der Waals surface area contributed by atoms with Gasteiger partial charge in [0.1, 0.15) is 0 Å². The number of nitrogens with zero attached hydrogens (tertiary/aromatic N) is 2. The third-order valence-corrected chi connectivity index (χ3v) is 8.08. The van der Waals surface area contributed by atoms with Gasteiger partial charge >= 0.3 is 0 Å². The molecule has 0 aliphatic carbocycles. The summed E-state index contributed by atoms with van der Waals surface area (Å²) in [6, 6.07) is 33.0. The van der Waals surface area contributed by atoms with Gasteiger partial charge in [0, 0.05) is 42.2 Å². The highest BCUT2D eigenvalue weighted by Crippen LogP contribution is 2.45. The van der Waals surface area contributed by atoms with E-state index in [0.29, 0.717) is 29.0 Å². The second-order valence-electron chi connectivity index (χ2n) is 11.1. The number of amides is 3. The van der Waals surface area contributed by atoms with Crippen molar-refractivity contribution in [3.8, 4) is 0 Å². The molecule has 8 heteroatoms. The Balaban J connectivity index is 1.26. The van der Waals surface area contributed by atoms with E-state index in [-0.39, 0.29) is 37.9 Å². The second kappa shape index (κ2) is 14.2. The molecule has 5 rings (SSSR count). The van der Waals surface area contributed by atoms with Gasteiger partial charge in [-0.25, -0.2) is 0 Å². The predicted octanol–water partition coefficient (Wildman–Crippen LogP) is 5.28. The minimum atomic E-state index is -1.81. The maximum absolute atomic E-state index is 13.9. The van der Waals surface area contributed by atoms with Gasteiger partial charge in [0.15, 0.2) is 5.60 Å². The van der Waals surface area contributed by atoms with Crippen molar-refractivity contribution in [2.45, 2.75) is 32.0 Å². The third-order valence-electron chi connectivity index (χ3n) is 8.08. The van der Waals surface area contributed by atoms with Crippen molar-refractivity contribution in [1.29, 1.82) is 0 Å². The van der Waals surface area contributed by atoms with Crippen molar-refractivity contribution < 1.29 is 24.6 Å². The van der Waals surface area contributed by atoms with Crippen molar-refractivity contribution in [2.75, 3.05) is 23.4 Å². The van der Waals surface area contributed by atoms with Gasteiger partial charge in [-0.05, 0) is 41.5 Å². The van der Waals surface area contributed by atoms with Gasteiger partial charge in [-0.2, -0.15) is 0 Å². The van der Waals surface area contributed by atoms with E-state index in [4.69, 9.17) is 0 Å². The highest BCUT2D eigenvalue weighted by molar-refractivity contribution is 6.07. The minimum Gasteiger partial charge on any atom is -0.395 e. The largest absolute Gasteiger partial charge is 0.395 e. The summed E-state index contributed by atoms with van der Waals surface area (Å²) < 4.78 is 0. The Morgan fingerprint density at radius 3 is 2.22 bits per heavy atom. The molecule has 0 radical (unpaired) electrons. The molecule has 8 nitrogen and oxygen atoms in total. The Morgan fingerprint density at radius 1 is 0.889 bits per heavy atom. The summed E-state index contributed by atoms with van der Waals surface area (Å²) in [7, 11) is 0. The van der Waals surface area contributed by atoms with Crippen molar-refractivity contribution >= 4 is 29.1 Å². The van der Waals surface area contributed by atoms with Crippen LogP contribution in [0.1, 0.15) is 40.4 Å². The molecule has 3 amide bonds. The Bertz CT molecular complexity index is 1660. The quantitative estimate of drug-likeness (QED) is 0.191. The minimum absolute atomic E-state index is 0.0694. The average Bonchev–Trinajstić information content (AvgIpc) is 3.28. The van der Waals surface area contributed by atoms with Crippen molar-refractivity contribution in [3.05, 3.63) is 144 Å². The normalized spacial score (nSPS) is 16.4. The summed E-state index contributed by atoms with van der Waals surface area (Å²) in [5.41, 5.74) is 2.31. The highest BCUT2D eigenvalue weighted by Gasteiger charge is 2.52. The van der Waals surface area contributed by atoms with Crippen LogP contribution in [0.3, 0.4) is 0 Å². The van der Waals surface area contributed by atoms with E-state index in [1.54, 1.807) is 77.4 Å². The van der Waals surface area contributed by atoms with Gasteiger partial charge < -0.3 is 25.3 Å². The van der Waals surface area contributed by atoms with E-state index in [1.807, 2.05) is 60.7 Å². The van der Waals surface area contributed by atoms with E-state index in [9.17, 15) is 24.6 Å². The second-order valence-corrected chi connectivity index (χ2v) is 11.1. The SMILES string of the molecule is C[C@H](/C=C/CC(=O)N(CCO)Cc1ccccc1)[C@@]1(O)C(=O)N(Cc2ccc(NC(=O)c3ccccc3)cc2)c2ccccc21. The summed E-state index contributed by atoms with van der Waals surface area (Å²) in [5, 5.41) is 24.3. The molecular weight excluding hydrogens is 566 g/mol. The van der Waals surface area contributed by atoms with E-state index in [2.05, 4.69) is 5.32 Å². The Hall–Kier alpha value is -5.05. The molecular formula is C37H37N3O5. The third kappa shape index (κ3) is 7.03. The maximum atomic E-state index is 13.9. The van der Waals surface area contributed by atoms with Crippen LogP contribution >= 0.6 is 0 Å². The molecule has 1 aliphatic rings. The zero-order chi connectivity index (χ0) is 31.8. The van der Waals surface area contributed by atoms with Gasteiger partial charge in [0.05, 0.1) is 18.8 Å². The van der Waals surface area contributed by atoms with Gasteiger partial charge in [-0.1, -0.05) is 97.9 Å². The molecule has 0 bridgehead atoms. The van der Waals surface area contributed by atoms with Crippen LogP contribution in [0.15, 0.2) is 121 Å². The Kier molecular flexibility index (Phi) is 9.87. The summed E-state index contributed by atoms with van der Waals surface area (Å²) in [6.45, 7) is 2.44. The summed E-state index contributed by atoms with van der Waals surface area (Å²) in [6.07, 6.45) is 3.46. The lowest BCUT2D eigenvalue weighted by molar-refractivity contribution is -0.139. The first-order valence-corrected chi connectivity index (χ1v) is 15.0. The van der Waals surface area contributed by atoms with Crippen molar-refractivity contribution in [1.82, 2.24) is 4.90 Å². The number of nitrogens with one attached hydrogen (secondary N) is 1. The van der Waals surface area contributed by atoms with Crippen LogP contribution in [0, 0.1) is 5.92 Å². The molecule has 3 N–H and O–H groups in total. The number of anilines is 2. The zero-order valence-corrected chi connectivity index (χ0v) is 25.2. The predicted molar refractivity (Wildman–Crippen MR) is 174 cm³/mol. The molecule has 1 aliphatic heterocycles. The number of aliphatic hydroxyl groups excluding tert-OH is 1. The number of hydrogen-bond donors (Lipinski definition) is 3. The van der Waals surface area contributed by atoms with E-state index in [1.165, 1.54) is 0 Å². The summed E-state index contributed by atoms with van der Waals surface area (Å²) >= 11 is 0. The number of benzene rings is 4. The number of fused-ring (bicyclic) bond motifs is 1. The maximum Gasteiger partial charge on any atom is 0.264 e. The van der Waals surface area contributed by atoms with Gasteiger partial charge in [0.2, 0.25) is 5.91 Å². The molecule has 4 aromatic rings. The van der Waals surface area contributed by atoms with E-state index < -0.39 is 17.4 Å². The summed E-state index contributed by atoms with van der Waals surface area (Å²) in [4.78, 5) is 42.6. The van der Waals surface area contributed by atoms with Crippen LogP contribution in [-0.4, -0.2) is 46.0 Å². The lowest BCUT2D eigenvalue weighted by atomic mass is 9.83. The van der Waals surface area contributed by atoms with Crippen molar-refractivity contribution in [2.24, 2.45) is 5.92 Å². The fourth-order valence-corrected chi connectivity index (χ4v) is 5.59. The van der Waals surface area contributed by atoms with E-state index in [0.717, 1.165) is 11.1 Å². The van der Waals surface area contributed by atoms with Crippen LogP contribution in [0.2, 0.25) is 0 Å². The van der Waals surface area contributed by atoms with Crippen LogP contribution in [0.5, 0.6) is 0 Å². The molecule has 0 spiro atoms. The number of aliphatic hydroxyl groups is 2. The molecule has 0 unspecified atom stereocenters. The highest BCUT2D eigenvalue weighted by atomic mass is 16.3. The monoisotopic (exact) mass is 603 g/mol. The Labute approximate surface area is 263 Å². The number of carbonyl (C=O) groups is 3.